The van der Waals surface area contributed by atoms with Gasteiger partial charge in [0.1, 0.15) is 0 Å². The molecule has 1 amide bonds. The molecular weight excluding hydrogens is 408 g/mol. The van der Waals surface area contributed by atoms with Gasteiger partial charge in [0, 0.05) is 0 Å². The number of rotatable bonds is 6. The van der Waals surface area contributed by atoms with Gasteiger partial charge in [-0.1, -0.05) is 47.7 Å². The average molecular weight is 433 g/mol. The molecular formula is C25H24N2O3S. The molecule has 5 nitrogen and oxygen atoms in total. The monoisotopic (exact) mass is 432 g/mol. The van der Waals surface area contributed by atoms with Crippen LogP contribution in [0.15, 0.2) is 60.7 Å². The van der Waals surface area contributed by atoms with E-state index in [1.54, 1.807) is 19.1 Å². The van der Waals surface area contributed by atoms with Crippen molar-refractivity contribution < 1.29 is 14.3 Å². The van der Waals surface area contributed by atoms with E-state index in [0.29, 0.717) is 16.6 Å². The van der Waals surface area contributed by atoms with Crippen LogP contribution in [0.1, 0.15) is 16.7 Å². The van der Waals surface area contributed by atoms with E-state index in [2.05, 4.69) is 0 Å². The lowest BCUT2D eigenvalue weighted by molar-refractivity contribution is -0.117. The largest absolute Gasteiger partial charge is 0.493 e. The summed E-state index contributed by atoms with van der Waals surface area (Å²) in [7, 11) is 3.19. The van der Waals surface area contributed by atoms with E-state index in [4.69, 9.17) is 14.5 Å². The summed E-state index contributed by atoms with van der Waals surface area (Å²) in [6, 6.07) is 19.5. The van der Waals surface area contributed by atoms with Crippen molar-refractivity contribution in [3.63, 3.8) is 0 Å². The van der Waals surface area contributed by atoms with Gasteiger partial charge in [-0.3, -0.25) is 9.69 Å². The lowest BCUT2D eigenvalue weighted by Crippen LogP contribution is -2.28. The number of carbonyl (C=O) groups excluding carboxylic acids is 1. The smallest absolute Gasteiger partial charge is 0.237 e. The van der Waals surface area contributed by atoms with Gasteiger partial charge in [0.25, 0.3) is 0 Å². The van der Waals surface area contributed by atoms with Gasteiger partial charge in [0.05, 0.1) is 36.5 Å². The van der Waals surface area contributed by atoms with E-state index < -0.39 is 0 Å². The van der Waals surface area contributed by atoms with Crippen LogP contribution in [-0.4, -0.2) is 25.1 Å². The number of carbonyl (C=O) groups is 1. The van der Waals surface area contributed by atoms with Crippen LogP contribution in [-0.2, 0) is 11.2 Å². The Kier molecular flexibility index (Phi) is 5.91. The zero-order chi connectivity index (χ0) is 22.0. The highest BCUT2D eigenvalue weighted by molar-refractivity contribution is 7.22. The fourth-order valence-electron chi connectivity index (χ4n) is 3.69. The zero-order valence-corrected chi connectivity index (χ0v) is 18.8. The van der Waals surface area contributed by atoms with Crippen LogP contribution in [0.5, 0.6) is 11.5 Å². The first-order valence-electron chi connectivity index (χ1n) is 9.97. The molecule has 4 aromatic rings. The van der Waals surface area contributed by atoms with Gasteiger partial charge in [0.15, 0.2) is 16.6 Å². The Balaban J connectivity index is 1.78. The maximum atomic E-state index is 13.7. The second kappa shape index (κ2) is 8.78. The van der Waals surface area contributed by atoms with Crippen molar-refractivity contribution in [3.05, 3.63) is 77.4 Å². The number of aromatic nitrogens is 1. The summed E-state index contributed by atoms with van der Waals surface area (Å²) >= 11 is 1.52. The molecule has 0 aliphatic carbocycles. The van der Waals surface area contributed by atoms with Crippen molar-refractivity contribution in [2.75, 3.05) is 19.1 Å². The quantitative estimate of drug-likeness (QED) is 0.384. The maximum Gasteiger partial charge on any atom is 0.237 e. The number of thiazole rings is 1. The van der Waals surface area contributed by atoms with Gasteiger partial charge in [-0.25, -0.2) is 4.98 Å². The van der Waals surface area contributed by atoms with E-state index >= 15 is 0 Å². The summed E-state index contributed by atoms with van der Waals surface area (Å²) in [5.74, 6) is 1.19. The Morgan fingerprint density at radius 2 is 1.65 bits per heavy atom. The molecule has 1 aromatic heterocycles. The lowest BCUT2D eigenvalue weighted by atomic mass is 10.1. The summed E-state index contributed by atoms with van der Waals surface area (Å²) in [6.07, 6.45) is 0.212. The highest BCUT2D eigenvalue weighted by atomic mass is 32.1. The molecule has 4 rings (SSSR count). The minimum atomic E-state index is -0.0522. The van der Waals surface area contributed by atoms with Gasteiger partial charge in [-0.15, -0.1) is 0 Å². The number of hydrogen-bond acceptors (Lipinski definition) is 5. The summed E-state index contributed by atoms with van der Waals surface area (Å²) in [4.78, 5) is 20.2. The van der Waals surface area contributed by atoms with Gasteiger partial charge >= 0.3 is 0 Å². The van der Waals surface area contributed by atoms with Gasteiger partial charge in [-0.05, 0) is 54.8 Å². The van der Waals surface area contributed by atoms with Crippen molar-refractivity contribution in [1.82, 2.24) is 4.98 Å². The Morgan fingerprint density at radius 1 is 0.935 bits per heavy atom. The van der Waals surface area contributed by atoms with Crippen LogP contribution in [0.2, 0.25) is 0 Å². The Hall–Kier alpha value is -3.38. The van der Waals surface area contributed by atoms with Crippen LogP contribution in [0, 0.1) is 13.8 Å². The molecule has 0 bridgehead atoms. The highest BCUT2D eigenvalue weighted by Crippen LogP contribution is 2.37. The van der Waals surface area contributed by atoms with Crippen molar-refractivity contribution >= 4 is 38.3 Å². The normalized spacial score (nSPS) is 10.8. The van der Waals surface area contributed by atoms with Crippen LogP contribution in [0.4, 0.5) is 10.8 Å². The van der Waals surface area contributed by atoms with Gasteiger partial charge < -0.3 is 9.47 Å². The minimum Gasteiger partial charge on any atom is -0.493 e. The first-order valence-corrected chi connectivity index (χ1v) is 10.8. The molecule has 0 aliphatic rings. The van der Waals surface area contributed by atoms with Crippen LogP contribution in [0.3, 0.4) is 0 Å². The number of benzene rings is 3. The van der Waals surface area contributed by atoms with E-state index in [1.165, 1.54) is 11.3 Å². The Morgan fingerprint density at radius 3 is 2.32 bits per heavy atom. The van der Waals surface area contributed by atoms with Crippen LogP contribution < -0.4 is 14.4 Å². The molecule has 0 fully saturated rings. The van der Waals surface area contributed by atoms with Gasteiger partial charge in [0.2, 0.25) is 5.91 Å². The summed E-state index contributed by atoms with van der Waals surface area (Å²) in [5, 5.41) is 0.670. The van der Waals surface area contributed by atoms with Crippen molar-refractivity contribution in [2.24, 2.45) is 0 Å². The van der Waals surface area contributed by atoms with Crippen LogP contribution >= 0.6 is 11.3 Å². The summed E-state index contributed by atoms with van der Waals surface area (Å²) < 4.78 is 11.8. The standard InChI is InChI=1S/C25H24N2O3S/c1-16-8-7-9-17(2)24(16)27(25-26-19-10-5-6-11-22(19)31-25)23(28)15-18-12-13-20(29-3)21(14-18)30-4/h5-14H,15H2,1-4H3. The fourth-order valence-corrected chi connectivity index (χ4v) is 4.68. The van der Waals surface area contributed by atoms with Crippen molar-refractivity contribution in [2.45, 2.75) is 20.3 Å². The number of ether oxygens (including phenoxy) is 2. The highest BCUT2D eigenvalue weighted by Gasteiger charge is 2.25. The molecule has 0 radical (unpaired) electrons. The predicted octanol–water partition coefficient (Wildman–Crippen LogP) is 5.84. The van der Waals surface area contributed by atoms with Gasteiger partial charge in [-0.2, -0.15) is 0 Å². The third-order valence-electron chi connectivity index (χ3n) is 5.19. The third-order valence-corrected chi connectivity index (χ3v) is 6.21. The Bertz CT molecular complexity index is 1200. The molecule has 31 heavy (non-hydrogen) atoms. The molecule has 0 saturated heterocycles. The van der Waals surface area contributed by atoms with Crippen molar-refractivity contribution in [1.29, 1.82) is 0 Å². The fraction of sp³-hybridized carbons (Fsp3) is 0.200. The lowest BCUT2D eigenvalue weighted by Gasteiger charge is -2.24. The Labute approximate surface area is 185 Å². The number of fused-ring (bicyclic) bond motifs is 1. The summed E-state index contributed by atoms with van der Waals surface area (Å²) in [5.41, 5.74) is 4.67. The molecule has 0 N–H and O–H groups in total. The molecule has 0 aliphatic heterocycles. The minimum absolute atomic E-state index is 0.0522. The summed E-state index contributed by atoms with van der Waals surface area (Å²) in [6.45, 7) is 4.04. The molecule has 0 unspecified atom stereocenters. The molecule has 158 valence electrons. The number of para-hydroxylation sites is 2. The molecule has 3 aromatic carbocycles. The second-order valence-electron chi connectivity index (χ2n) is 7.30. The number of hydrogen-bond donors (Lipinski definition) is 0. The number of methoxy groups -OCH3 is 2. The second-order valence-corrected chi connectivity index (χ2v) is 8.31. The van der Waals surface area contributed by atoms with Crippen LogP contribution in [0.25, 0.3) is 10.2 Å². The maximum absolute atomic E-state index is 13.7. The van der Waals surface area contributed by atoms with Crippen molar-refractivity contribution in [3.8, 4) is 11.5 Å². The zero-order valence-electron chi connectivity index (χ0n) is 18.0. The average Bonchev–Trinajstić information content (AvgIpc) is 3.19. The molecule has 6 heteroatoms. The van der Waals surface area contributed by atoms with E-state index in [0.717, 1.165) is 32.6 Å². The van der Waals surface area contributed by atoms with E-state index in [9.17, 15) is 4.79 Å². The van der Waals surface area contributed by atoms with E-state index in [-0.39, 0.29) is 12.3 Å². The molecule has 1 heterocycles. The SMILES string of the molecule is COc1ccc(CC(=O)N(c2nc3ccccc3s2)c2c(C)cccc2C)cc1OC. The molecule has 0 saturated carbocycles. The molecule has 0 atom stereocenters. The first kappa shape index (κ1) is 20.9. The number of amides is 1. The number of nitrogens with zero attached hydrogens (tertiary/aromatic N) is 2. The number of aryl methyl sites for hydroxylation is 2. The topological polar surface area (TPSA) is 51.7 Å². The first-order chi connectivity index (χ1) is 15.0. The number of anilines is 2. The third kappa shape index (κ3) is 4.11. The van der Waals surface area contributed by atoms with E-state index in [1.807, 2.05) is 74.5 Å². The molecule has 0 spiro atoms. The predicted molar refractivity (Wildman–Crippen MR) is 126 cm³/mol.